The van der Waals surface area contributed by atoms with Gasteiger partial charge in [-0.1, -0.05) is 24.3 Å². The van der Waals surface area contributed by atoms with Crippen LogP contribution in [-0.4, -0.2) is 74.1 Å². The predicted molar refractivity (Wildman–Crippen MR) is 111 cm³/mol. The fourth-order valence-electron chi connectivity index (χ4n) is 3.96. The van der Waals surface area contributed by atoms with Crippen LogP contribution in [0.2, 0.25) is 0 Å². The number of aliphatic hydroxyl groups is 1. The summed E-state index contributed by atoms with van der Waals surface area (Å²) in [5, 5.41) is 9.09. The van der Waals surface area contributed by atoms with Gasteiger partial charge in [-0.25, -0.2) is 0 Å². The van der Waals surface area contributed by atoms with Crippen LogP contribution in [0.4, 0.5) is 11.4 Å². The lowest BCUT2D eigenvalue weighted by atomic mass is 10.2. The highest BCUT2D eigenvalue weighted by atomic mass is 16.7. The van der Waals surface area contributed by atoms with Crippen molar-refractivity contribution in [3.8, 4) is 11.5 Å². The third kappa shape index (κ3) is 4.41. The quantitative estimate of drug-likeness (QED) is 0.827. The molecule has 0 bridgehead atoms. The largest absolute Gasteiger partial charge is 0.455 e. The number of hydrogen-bond donors (Lipinski definition) is 1. The Labute approximate surface area is 166 Å². The standard InChI is InChI=1S/C22H29N3O3/c26-17-16-24-14-12-23(13-15-24)10-5-11-25-19-6-1-3-8-21(19)27-18-28-22-9-4-2-7-20(22)25/h1-4,6-9,26H,5,10-18H2. The van der Waals surface area contributed by atoms with Crippen LogP contribution in [0.25, 0.3) is 0 Å². The van der Waals surface area contributed by atoms with E-state index in [1.54, 1.807) is 0 Å². The van der Waals surface area contributed by atoms with Gasteiger partial charge in [0.1, 0.15) is 11.5 Å². The summed E-state index contributed by atoms with van der Waals surface area (Å²) >= 11 is 0. The molecule has 2 heterocycles. The Kier molecular flexibility index (Phi) is 6.31. The van der Waals surface area contributed by atoms with E-state index < -0.39 is 0 Å². The van der Waals surface area contributed by atoms with Crippen molar-refractivity contribution in [2.24, 2.45) is 0 Å². The number of aliphatic hydroxyl groups excluding tert-OH is 1. The first kappa shape index (κ1) is 19.1. The van der Waals surface area contributed by atoms with E-state index in [1.165, 1.54) is 0 Å². The Balaban J connectivity index is 1.44. The Morgan fingerprint density at radius 3 is 1.82 bits per heavy atom. The van der Waals surface area contributed by atoms with Crippen molar-refractivity contribution >= 4 is 11.4 Å². The second-order valence-electron chi connectivity index (χ2n) is 7.25. The zero-order valence-electron chi connectivity index (χ0n) is 16.3. The van der Waals surface area contributed by atoms with E-state index in [9.17, 15) is 0 Å². The lowest BCUT2D eigenvalue weighted by molar-refractivity contribution is 0.112. The first-order valence-electron chi connectivity index (χ1n) is 10.1. The van der Waals surface area contributed by atoms with Crippen LogP contribution in [-0.2, 0) is 0 Å². The highest BCUT2D eigenvalue weighted by Gasteiger charge is 2.21. The lowest BCUT2D eigenvalue weighted by Crippen LogP contribution is -2.47. The SMILES string of the molecule is OCCN1CCN(CCCN2c3ccccc3OCOc3ccccc32)CC1. The van der Waals surface area contributed by atoms with Crippen molar-refractivity contribution in [1.82, 2.24) is 9.80 Å². The Hall–Kier alpha value is -2.28. The Morgan fingerprint density at radius 2 is 1.25 bits per heavy atom. The molecule has 150 valence electrons. The number of rotatable bonds is 6. The topological polar surface area (TPSA) is 48.4 Å². The van der Waals surface area contributed by atoms with E-state index in [-0.39, 0.29) is 13.4 Å². The van der Waals surface area contributed by atoms with Crippen molar-refractivity contribution in [2.45, 2.75) is 6.42 Å². The zero-order chi connectivity index (χ0) is 19.2. The zero-order valence-corrected chi connectivity index (χ0v) is 16.3. The van der Waals surface area contributed by atoms with E-state index in [0.717, 1.165) is 75.1 Å². The van der Waals surface area contributed by atoms with Crippen LogP contribution in [0, 0.1) is 0 Å². The van der Waals surface area contributed by atoms with Gasteiger partial charge in [-0.05, 0) is 37.2 Å². The number of piperazine rings is 1. The molecule has 1 saturated heterocycles. The van der Waals surface area contributed by atoms with Crippen molar-refractivity contribution in [3.05, 3.63) is 48.5 Å². The van der Waals surface area contributed by atoms with E-state index in [1.807, 2.05) is 24.3 Å². The van der Waals surface area contributed by atoms with Crippen LogP contribution >= 0.6 is 0 Å². The van der Waals surface area contributed by atoms with Crippen LogP contribution in [0.1, 0.15) is 6.42 Å². The molecule has 0 amide bonds. The molecule has 2 aromatic rings. The molecule has 4 rings (SSSR count). The van der Waals surface area contributed by atoms with E-state index in [2.05, 4.69) is 39.0 Å². The molecule has 6 nitrogen and oxygen atoms in total. The first-order valence-corrected chi connectivity index (χ1v) is 10.1. The maximum Gasteiger partial charge on any atom is 0.231 e. The summed E-state index contributed by atoms with van der Waals surface area (Å²) in [6.07, 6.45) is 1.06. The molecule has 2 aliphatic heterocycles. The molecule has 0 aromatic heterocycles. The van der Waals surface area contributed by atoms with Crippen LogP contribution in [0.5, 0.6) is 11.5 Å². The van der Waals surface area contributed by atoms with Gasteiger partial charge in [-0.3, -0.25) is 4.90 Å². The minimum Gasteiger partial charge on any atom is -0.455 e. The number of para-hydroxylation sites is 4. The minimum absolute atomic E-state index is 0.222. The first-order chi connectivity index (χ1) is 13.8. The maximum absolute atomic E-state index is 9.09. The molecule has 2 aliphatic rings. The highest BCUT2D eigenvalue weighted by Crippen LogP contribution is 2.40. The van der Waals surface area contributed by atoms with Gasteiger partial charge in [0.05, 0.1) is 18.0 Å². The number of anilines is 2. The molecule has 1 N–H and O–H groups in total. The lowest BCUT2D eigenvalue weighted by Gasteiger charge is -2.35. The van der Waals surface area contributed by atoms with Crippen molar-refractivity contribution in [2.75, 3.05) is 64.1 Å². The van der Waals surface area contributed by atoms with E-state index in [0.29, 0.717) is 0 Å². The summed E-state index contributed by atoms with van der Waals surface area (Å²) in [7, 11) is 0. The van der Waals surface area contributed by atoms with Crippen molar-refractivity contribution < 1.29 is 14.6 Å². The molecule has 2 aromatic carbocycles. The van der Waals surface area contributed by atoms with Gasteiger partial charge < -0.3 is 24.4 Å². The van der Waals surface area contributed by atoms with Crippen LogP contribution < -0.4 is 14.4 Å². The Bertz CT molecular complexity index is 715. The van der Waals surface area contributed by atoms with Crippen LogP contribution in [0.3, 0.4) is 0 Å². The van der Waals surface area contributed by atoms with Crippen molar-refractivity contribution in [1.29, 1.82) is 0 Å². The van der Waals surface area contributed by atoms with E-state index in [4.69, 9.17) is 14.6 Å². The number of hydrogen-bond acceptors (Lipinski definition) is 6. The van der Waals surface area contributed by atoms with Gasteiger partial charge in [0.25, 0.3) is 0 Å². The second kappa shape index (κ2) is 9.28. The third-order valence-electron chi connectivity index (χ3n) is 5.48. The predicted octanol–water partition coefficient (Wildman–Crippen LogP) is 2.55. The molecular weight excluding hydrogens is 354 g/mol. The number of benzene rings is 2. The summed E-state index contributed by atoms with van der Waals surface area (Å²) in [6.45, 7) is 7.44. The number of fused-ring (bicyclic) bond motifs is 2. The maximum atomic E-state index is 9.09. The monoisotopic (exact) mass is 383 g/mol. The Morgan fingerprint density at radius 1 is 0.714 bits per heavy atom. The van der Waals surface area contributed by atoms with Gasteiger partial charge >= 0.3 is 0 Å². The molecule has 6 heteroatoms. The second-order valence-corrected chi connectivity index (χ2v) is 7.25. The summed E-state index contributed by atoms with van der Waals surface area (Å²) in [4.78, 5) is 7.16. The van der Waals surface area contributed by atoms with Crippen LogP contribution in [0.15, 0.2) is 48.5 Å². The average Bonchev–Trinajstić information content (AvgIpc) is 2.72. The van der Waals surface area contributed by atoms with Crippen molar-refractivity contribution in [3.63, 3.8) is 0 Å². The molecule has 1 fully saturated rings. The molecule has 0 saturated carbocycles. The number of ether oxygens (including phenoxy) is 2. The minimum atomic E-state index is 0.222. The van der Waals surface area contributed by atoms with Gasteiger partial charge in [0.2, 0.25) is 6.79 Å². The van der Waals surface area contributed by atoms with Gasteiger partial charge in [-0.2, -0.15) is 0 Å². The molecule has 0 radical (unpaired) electrons. The number of nitrogens with zero attached hydrogens (tertiary/aromatic N) is 3. The molecule has 0 spiro atoms. The van der Waals surface area contributed by atoms with Gasteiger partial charge in [0.15, 0.2) is 0 Å². The summed E-state index contributed by atoms with van der Waals surface area (Å²) in [6, 6.07) is 16.3. The molecular formula is C22H29N3O3. The van der Waals surface area contributed by atoms with E-state index >= 15 is 0 Å². The van der Waals surface area contributed by atoms with Gasteiger partial charge in [0, 0.05) is 39.3 Å². The van der Waals surface area contributed by atoms with Gasteiger partial charge in [-0.15, -0.1) is 0 Å². The third-order valence-corrected chi connectivity index (χ3v) is 5.48. The molecule has 0 unspecified atom stereocenters. The molecule has 0 aliphatic carbocycles. The normalized spacial score (nSPS) is 17.7. The number of β-amino-alcohol motifs (C(OH)–C–C–N with tert-alkyl or cyclic N) is 1. The smallest absolute Gasteiger partial charge is 0.231 e. The summed E-state index contributed by atoms with van der Waals surface area (Å²) in [5.41, 5.74) is 2.18. The summed E-state index contributed by atoms with van der Waals surface area (Å²) in [5.74, 6) is 1.71. The summed E-state index contributed by atoms with van der Waals surface area (Å²) < 4.78 is 11.7. The highest BCUT2D eigenvalue weighted by molar-refractivity contribution is 5.73. The molecule has 28 heavy (non-hydrogen) atoms. The molecule has 0 atom stereocenters. The fraction of sp³-hybridized carbons (Fsp3) is 0.455. The fourth-order valence-corrected chi connectivity index (χ4v) is 3.96. The average molecular weight is 383 g/mol.